The smallest absolute Gasteiger partial charge is 0.407 e. The van der Waals surface area contributed by atoms with Crippen LogP contribution in [-0.4, -0.2) is 43.1 Å². The first-order valence-electron chi connectivity index (χ1n) is 6.10. The fourth-order valence-electron chi connectivity index (χ4n) is 2.12. The second-order valence-corrected chi connectivity index (χ2v) is 5.79. The monoisotopic (exact) mass is 360 g/mol. The van der Waals surface area contributed by atoms with E-state index in [-0.39, 0.29) is 11.9 Å². The number of carbonyl (C=O) groups excluding carboxylic acids is 2. The molecule has 1 fully saturated rings. The summed E-state index contributed by atoms with van der Waals surface area (Å²) in [5, 5.41) is 3.21. The SMILES string of the molecule is COC(=O)NC1CCN(C(=O)c2cc(Cl)ccc2Br)C1. The number of methoxy groups -OCH3 is 1. The molecule has 5 nitrogen and oxygen atoms in total. The van der Waals surface area contributed by atoms with E-state index in [1.807, 2.05) is 0 Å². The van der Waals surface area contributed by atoms with E-state index in [0.717, 1.165) is 0 Å². The van der Waals surface area contributed by atoms with Crippen molar-refractivity contribution in [3.8, 4) is 0 Å². The minimum Gasteiger partial charge on any atom is -0.453 e. The number of halogens is 2. The Labute approximate surface area is 130 Å². The molecule has 0 saturated carbocycles. The molecule has 108 valence electrons. The summed E-state index contributed by atoms with van der Waals surface area (Å²) in [7, 11) is 1.32. The average molecular weight is 362 g/mol. The van der Waals surface area contributed by atoms with Crippen molar-refractivity contribution in [2.24, 2.45) is 0 Å². The van der Waals surface area contributed by atoms with E-state index in [9.17, 15) is 9.59 Å². The second-order valence-electron chi connectivity index (χ2n) is 4.50. The molecule has 0 aromatic heterocycles. The molecule has 2 amide bonds. The van der Waals surface area contributed by atoms with Crippen molar-refractivity contribution in [3.63, 3.8) is 0 Å². The molecule has 1 N–H and O–H groups in total. The van der Waals surface area contributed by atoms with Crippen molar-refractivity contribution in [2.75, 3.05) is 20.2 Å². The predicted molar refractivity (Wildman–Crippen MR) is 79.0 cm³/mol. The van der Waals surface area contributed by atoms with E-state index in [1.165, 1.54) is 7.11 Å². The lowest BCUT2D eigenvalue weighted by molar-refractivity contribution is 0.0787. The van der Waals surface area contributed by atoms with Gasteiger partial charge in [-0.25, -0.2) is 4.79 Å². The Kier molecular flexibility index (Phi) is 4.88. The molecule has 1 unspecified atom stereocenters. The third-order valence-corrected chi connectivity index (χ3v) is 4.07. The maximum atomic E-state index is 12.4. The van der Waals surface area contributed by atoms with Crippen LogP contribution in [0.4, 0.5) is 4.79 Å². The van der Waals surface area contributed by atoms with E-state index in [4.69, 9.17) is 11.6 Å². The third-order valence-electron chi connectivity index (χ3n) is 3.14. The van der Waals surface area contributed by atoms with E-state index in [1.54, 1.807) is 23.1 Å². The van der Waals surface area contributed by atoms with E-state index in [0.29, 0.717) is 34.6 Å². The quantitative estimate of drug-likeness (QED) is 0.881. The topological polar surface area (TPSA) is 58.6 Å². The zero-order valence-electron chi connectivity index (χ0n) is 10.9. The summed E-state index contributed by atoms with van der Waals surface area (Å²) in [5.41, 5.74) is 0.524. The molecule has 1 saturated heterocycles. The molecule has 1 aliphatic rings. The van der Waals surface area contributed by atoms with Crippen molar-refractivity contribution < 1.29 is 14.3 Å². The highest BCUT2D eigenvalue weighted by Gasteiger charge is 2.29. The summed E-state index contributed by atoms with van der Waals surface area (Å²) in [6.45, 7) is 1.05. The summed E-state index contributed by atoms with van der Waals surface area (Å²) in [6.07, 6.45) is 0.229. The van der Waals surface area contributed by atoms with E-state index in [2.05, 4.69) is 26.0 Å². The van der Waals surface area contributed by atoms with Crippen molar-refractivity contribution in [3.05, 3.63) is 33.3 Å². The van der Waals surface area contributed by atoms with Crippen molar-refractivity contribution in [2.45, 2.75) is 12.5 Å². The Hall–Kier alpha value is -1.27. The fraction of sp³-hybridized carbons (Fsp3) is 0.385. The predicted octanol–water partition coefficient (Wildman–Crippen LogP) is 2.67. The van der Waals surface area contributed by atoms with Gasteiger partial charge in [-0.15, -0.1) is 0 Å². The van der Waals surface area contributed by atoms with Crippen LogP contribution >= 0.6 is 27.5 Å². The Balaban J connectivity index is 2.04. The van der Waals surface area contributed by atoms with Crippen molar-refractivity contribution in [1.29, 1.82) is 0 Å². The number of nitrogens with zero attached hydrogens (tertiary/aromatic N) is 1. The van der Waals surface area contributed by atoms with Gasteiger partial charge in [0.1, 0.15) is 0 Å². The first-order chi connectivity index (χ1) is 9.51. The number of alkyl carbamates (subject to hydrolysis) is 1. The van der Waals surface area contributed by atoms with E-state index < -0.39 is 6.09 Å². The molecule has 1 heterocycles. The summed E-state index contributed by atoms with van der Waals surface area (Å²) in [5.74, 6) is -0.103. The molecule has 7 heteroatoms. The Morgan fingerprint density at radius 3 is 2.95 bits per heavy atom. The number of likely N-dealkylation sites (tertiary alicyclic amines) is 1. The standard InChI is InChI=1S/C13H14BrClN2O3/c1-20-13(19)16-9-4-5-17(7-9)12(18)10-6-8(15)2-3-11(10)14/h2-3,6,9H,4-5,7H2,1H3,(H,16,19). The molecule has 0 radical (unpaired) electrons. The molecule has 0 aliphatic carbocycles. The number of carbonyl (C=O) groups is 2. The van der Waals surface area contributed by atoms with Crippen LogP contribution in [0.5, 0.6) is 0 Å². The lowest BCUT2D eigenvalue weighted by Gasteiger charge is -2.17. The van der Waals surface area contributed by atoms with Gasteiger partial charge in [-0.2, -0.15) is 0 Å². The van der Waals surface area contributed by atoms with Gasteiger partial charge in [-0.1, -0.05) is 11.6 Å². The highest BCUT2D eigenvalue weighted by Crippen LogP contribution is 2.24. The van der Waals surface area contributed by atoms with Crippen LogP contribution in [0, 0.1) is 0 Å². The van der Waals surface area contributed by atoms with Crippen LogP contribution in [-0.2, 0) is 4.74 Å². The average Bonchev–Trinajstić information content (AvgIpc) is 2.89. The molecule has 2 rings (SSSR count). The Bertz CT molecular complexity index is 538. The molecule has 0 spiro atoms. The molecule has 1 aromatic rings. The number of ether oxygens (including phenoxy) is 1. The van der Waals surface area contributed by atoms with Crippen LogP contribution < -0.4 is 5.32 Å². The zero-order valence-corrected chi connectivity index (χ0v) is 13.2. The number of hydrogen-bond donors (Lipinski definition) is 1. The van der Waals surface area contributed by atoms with Gasteiger partial charge in [-0.05, 0) is 40.5 Å². The number of nitrogens with one attached hydrogen (secondary N) is 1. The van der Waals surface area contributed by atoms with Gasteiger partial charge in [0, 0.05) is 22.6 Å². The fourth-order valence-corrected chi connectivity index (χ4v) is 2.71. The maximum absolute atomic E-state index is 12.4. The van der Waals surface area contributed by atoms with Gasteiger partial charge in [-0.3, -0.25) is 4.79 Å². The molecule has 1 aliphatic heterocycles. The summed E-state index contributed by atoms with van der Waals surface area (Å²) in [6, 6.07) is 5.02. The lowest BCUT2D eigenvalue weighted by atomic mass is 10.2. The minimum absolute atomic E-state index is 0.0793. The molecule has 1 atom stereocenters. The zero-order chi connectivity index (χ0) is 14.7. The van der Waals surface area contributed by atoms with E-state index >= 15 is 0 Å². The van der Waals surface area contributed by atoms with Gasteiger partial charge in [0.15, 0.2) is 0 Å². The number of hydrogen-bond acceptors (Lipinski definition) is 3. The van der Waals surface area contributed by atoms with Crippen LogP contribution in [0.25, 0.3) is 0 Å². The highest BCUT2D eigenvalue weighted by molar-refractivity contribution is 9.10. The minimum atomic E-state index is -0.478. The van der Waals surface area contributed by atoms with Crippen LogP contribution in [0.15, 0.2) is 22.7 Å². The van der Waals surface area contributed by atoms with Gasteiger partial charge < -0.3 is 15.0 Å². The Morgan fingerprint density at radius 1 is 1.50 bits per heavy atom. The summed E-state index contributed by atoms with van der Waals surface area (Å²) < 4.78 is 5.25. The molecule has 0 bridgehead atoms. The van der Waals surface area contributed by atoms with Gasteiger partial charge in [0.2, 0.25) is 0 Å². The van der Waals surface area contributed by atoms with Crippen LogP contribution in [0.3, 0.4) is 0 Å². The van der Waals surface area contributed by atoms with Gasteiger partial charge in [0.05, 0.1) is 18.7 Å². The lowest BCUT2D eigenvalue weighted by Crippen LogP contribution is -2.38. The third kappa shape index (κ3) is 3.43. The first kappa shape index (κ1) is 15.1. The first-order valence-corrected chi connectivity index (χ1v) is 7.27. The molecule has 20 heavy (non-hydrogen) atoms. The van der Waals surface area contributed by atoms with Crippen LogP contribution in [0.1, 0.15) is 16.8 Å². The van der Waals surface area contributed by atoms with Crippen molar-refractivity contribution >= 4 is 39.5 Å². The van der Waals surface area contributed by atoms with Gasteiger partial charge >= 0.3 is 6.09 Å². The second kappa shape index (κ2) is 6.45. The highest BCUT2D eigenvalue weighted by atomic mass is 79.9. The molecular formula is C13H14BrClN2O3. The molecular weight excluding hydrogens is 348 g/mol. The van der Waals surface area contributed by atoms with Crippen LogP contribution in [0.2, 0.25) is 5.02 Å². The van der Waals surface area contributed by atoms with Gasteiger partial charge in [0.25, 0.3) is 5.91 Å². The number of benzene rings is 1. The maximum Gasteiger partial charge on any atom is 0.407 e. The summed E-state index contributed by atoms with van der Waals surface area (Å²) in [4.78, 5) is 25.3. The molecule has 1 aromatic carbocycles. The normalized spacial score (nSPS) is 17.9. The number of amides is 2. The van der Waals surface area contributed by atoms with Crippen molar-refractivity contribution in [1.82, 2.24) is 10.2 Å². The number of rotatable bonds is 2. The largest absolute Gasteiger partial charge is 0.453 e. The summed E-state index contributed by atoms with van der Waals surface area (Å²) >= 11 is 9.27. The Morgan fingerprint density at radius 2 is 2.25 bits per heavy atom.